The molecule has 0 radical (unpaired) electrons. The van der Waals surface area contributed by atoms with Crippen molar-refractivity contribution in [3.05, 3.63) is 53.6 Å². The fraction of sp³-hybridized carbons (Fsp3) is 0.412. The summed E-state index contributed by atoms with van der Waals surface area (Å²) < 4.78 is 0. The van der Waals surface area contributed by atoms with Gasteiger partial charge in [-0.25, -0.2) is 4.98 Å². The standard InChI is InChI=1S/C17H23N5O2/c18-7-13-1-3-14(4-2-13)17(24)22-6-5-21(10-16(23)11-22)9-15-8-19-12-20-15/h1-4,8,12,16,23H,5-7,9-11,18H2,(H,19,20)/t16-/m0/s1. The van der Waals surface area contributed by atoms with Crippen LogP contribution in [0, 0.1) is 0 Å². The molecule has 2 heterocycles. The number of H-pyrrole nitrogens is 1. The predicted molar refractivity (Wildman–Crippen MR) is 90.1 cm³/mol. The van der Waals surface area contributed by atoms with Gasteiger partial charge in [0, 0.05) is 56.7 Å². The first-order valence-corrected chi connectivity index (χ1v) is 8.11. The highest BCUT2D eigenvalue weighted by Gasteiger charge is 2.25. The fourth-order valence-corrected chi connectivity index (χ4v) is 2.96. The van der Waals surface area contributed by atoms with Crippen molar-refractivity contribution < 1.29 is 9.90 Å². The number of β-amino-alcohol motifs (C(OH)–C–C–N with tert-alkyl or cyclic N) is 1. The number of carbonyl (C=O) groups excluding carboxylic acids is 1. The molecule has 0 aliphatic carbocycles. The van der Waals surface area contributed by atoms with Gasteiger partial charge in [-0.2, -0.15) is 0 Å². The van der Waals surface area contributed by atoms with E-state index in [1.807, 2.05) is 12.1 Å². The average molecular weight is 329 g/mol. The summed E-state index contributed by atoms with van der Waals surface area (Å²) in [5.74, 6) is -0.0546. The number of aliphatic hydroxyl groups is 1. The van der Waals surface area contributed by atoms with E-state index in [-0.39, 0.29) is 5.91 Å². The van der Waals surface area contributed by atoms with Crippen LogP contribution in [-0.2, 0) is 13.1 Å². The largest absolute Gasteiger partial charge is 0.390 e. The molecule has 1 aliphatic heterocycles. The number of imidazole rings is 1. The molecule has 1 amide bonds. The Hall–Kier alpha value is -2.22. The van der Waals surface area contributed by atoms with Crippen molar-refractivity contribution in [2.75, 3.05) is 26.2 Å². The van der Waals surface area contributed by atoms with Crippen molar-refractivity contribution in [2.45, 2.75) is 19.2 Å². The van der Waals surface area contributed by atoms with Crippen LogP contribution in [0.3, 0.4) is 0 Å². The number of aliphatic hydroxyl groups excluding tert-OH is 1. The Labute approximate surface area is 141 Å². The Morgan fingerprint density at radius 1 is 1.29 bits per heavy atom. The van der Waals surface area contributed by atoms with E-state index in [4.69, 9.17) is 5.73 Å². The minimum atomic E-state index is -0.567. The van der Waals surface area contributed by atoms with Gasteiger partial charge in [0.15, 0.2) is 0 Å². The third-order valence-corrected chi connectivity index (χ3v) is 4.26. The minimum absolute atomic E-state index is 0.0546. The number of nitrogens with two attached hydrogens (primary N) is 1. The molecule has 1 atom stereocenters. The summed E-state index contributed by atoms with van der Waals surface area (Å²) in [4.78, 5) is 23.6. The van der Waals surface area contributed by atoms with Crippen LogP contribution >= 0.6 is 0 Å². The van der Waals surface area contributed by atoms with Crippen LogP contribution in [0.1, 0.15) is 21.6 Å². The minimum Gasteiger partial charge on any atom is -0.390 e. The van der Waals surface area contributed by atoms with Gasteiger partial charge in [0.2, 0.25) is 0 Å². The van der Waals surface area contributed by atoms with Crippen molar-refractivity contribution in [2.24, 2.45) is 5.73 Å². The number of aromatic nitrogens is 2. The molecule has 128 valence electrons. The second-order valence-corrected chi connectivity index (χ2v) is 6.12. The summed E-state index contributed by atoms with van der Waals surface area (Å²) >= 11 is 0. The molecule has 0 bridgehead atoms. The van der Waals surface area contributed by atoms with Gasteiger partial charge in [-0.3, -0.25) is 9.69 Å². The van der Waals surface area contributed by atoms with Crippen LogP contribution < -0.4 is 5.73 Å². The van der Waals surface area contributed by atoms with Crippen molar-refractivity contribution in [3.63, 3.8) is 0 Å². The molecule has 1 aromatic carbocycles. The summed E-state index contributed by atoms with van der Waals surface area (Å²) in [6, 6.07) is 7.33. The number of nitrogens with one attached hydrogen (secondary N) is 1. The molecule has 7 heteroatoms. The fourth-order valence-electron chi connectivity index (χ4n) is 2.96. The zero-order valence-electron chi connectivity index (χ0n) is 13.6. The van der Waals surface area contributed by atoms with E-state index in [0.29, 0.717) is 44.8 Å². The van der Waals surface area contributed by atoms with Gasteiger partial charge in [-0.15, -0.1) is 0 Å². The Morgan fingerprint density at radius 2 is 2.08 bits per heavy atom. The van der Waals surface area contributed by atoms with Gasteiger partial charge in [-0.1, -0.05) is 12.1 Å². The molecule has 1 aliphatic rings. The second-order valence-electron chi connectivity index (χ2n) is 6.12. The molecule has 4 N–H and O–H groups in total. The van der Waals surface area contributed by atoms with Gasteiger partial charge in [-0.05, 0) is 17.7 Å². The topological polar surface area (TPSA) is 98.5 Å². The monoisotopic (exact) mass is 329 g/mol. The molecule has 2 aromatic rings. The lowest BCUT2D eigenvalue weighted by Crippen LogP contribution is -2.37. The number of hydrogen-bond acceptors (Lipinski definition) is 5. The number of hydrogen-bond donors (Lipinski definition) is 3. The molecule has 0 saturated carbocycles. The van der Waals surface area contributed by atoms with Crippen molar-refractivity contribution >= 4 is 5.91 Å². The molecule has 24 heavy (non-hydrogen) atoms. The highest BCUT2D eigenvalue weighted by atomic mass is 16.3. The van der Waals surface area contributed by atoms with Gasteiger partial charge in [0.05, 0.1) is 12.4 Å². The Kier molecular flexibility index (Phi) is 5.24. The van der Waals surface area contributed by atoms with Gasteiger partial charge in [0.25, 0.3) is 5.91 Å². The number of nitrogens with zero attached hydrogens (tertiary/aromatic N) is 3. The lowest BCUT2D eigenvalue weighted by Gasteiger charge is -2.22. The van der Waals surface area contributed by atoms with Crippen LogP contribution in [0.25, 0.3) is 0 Å². The summed E-state index contributed by atoms with van der Waals surface area (Å²) in [6.07, 6.45) is 2.85. The van der Waals surface area contributed by atoms with E-state index in [1.54, 1.807) is 29.6 Å². The van der Waals surface area contributed by atoms with Crippen molar-refractivity contribution in [3.8, 4) is 0 Å². The highest BCUT2D eigenvalue weighted by molar-refractivity contribution is 5.94. The summed E-state index contributed by atoms with van der Waals surface area (Å²) in [5.41, 5.74) is 8.21. The number of amides is 1. The molecule has 1 saturated heterocycles. The summed E-state index contributed by atoms with van der Waals surface area (Å²) in [5, 5.41) is 10.3. The lowest BCUT2D eigenvalue weighted by atomic mass is 10.1. The maximum atomic E-state index is 12.7. The zero-order valence-corrected chi connectivity index (χ0v) is 13.6. The SMILES string of the molecule is NCc1ccc(C(=O)N2CCN(Cc3cnc[nH]3)C[C@H](O)C2)cc1. The third-order valence-electron chi connectivity index (χ3n) is 4.26. The van der Waals surface area contributed by atoms with Crippen LogP contribution in [0.15, 0.2) is 36.8 Å². The van der Waals surface area contributed by atoms with E-state index in [2.05, 4.69) is 14.9 Å². The Morgan fingerprint density at radius 3 is 2.75 bits per heavy atom. The highest BCUT2D eigenvalue weighted by Crippen LogP contribution is 2.12. The molecule has 1 aromatic heterocycles. The first-order chi connectivity index (χ1) is 11.7. The first-order valence-electron chi connectivity index (χ1n) is 8.11. The van der Waals surface area contributed by atoms with Gasteiger partial charge >= 0.3 is 0 Å². The smallest absolute Gasteiger partial charge is 0.253 e. The zero-order chi connectivity index (χ0) is 16.9. The number of aromatic amines is 1. The Bertz CT molecular complexity index is 656. The quantitative estimate of drug-likeness (QED) is 0.744. The first kappa shape index (κ1) is 16.6. The van der Waals surface area contributed by atoms with Crippen molar-refractivity contribution in [1.82, 2.24) is 19.8 Å². The van der Waals surface area contributed by atoms with Crippen LogP contribution in [0.4, 0.5) is 0 Å². The number of rotatable bonds is 4. The molecular formula is C17H23N5O2. The van der Waals surface area contributed by atoms with E-state index in [0.717, 1.165) is 11.3 Å². The van der Waals surface area contributed by atoms with Gasteiger partial charge < -0.3 is 20.7 Å². The molecule has 0 unspecified atom stereocenters. The summed E-state index contributed by atoms with van der Waals surface area (Å²) in [7, 11) is 0. The molecule has 3 rings (SSSR count). The van der Waals surface area contributed by atoms with Crippen LogP contribution in [0.2, 0.25) is 0 Å². The van der Waals surface area contributed by atoms with E-state index in [1.165, 1.54) is 0 Å². The Balaban J connectivity index is 1.64. The second kappa shape index (κ2) is 7.57. The van der Waals surface area contributed by atoms with E-state index >= 15 is 0 Å². The lowest BCUT2D eigenvalue weighted by molar-refractivity contribution is 0.0663. The van der Waals surface area contributed by atoms with E-state index < -0.39 is 6.10 Å². The third kappa shape index (κ3) is 4.00. The molecule has 0 spiro atoms. The van der Waals surface area contributed by atoms with Crippen LogP contribution in [-0.4, -0.2) is 63.1 Å². The number of carbonyl (C=O) groups is 1. The normalized spacial score (nSPS) is 19.2. The predicted octanol–water partition coefficient (Wildman–Crippen LogP) is 0.187. The number of benzene rings is 1. The van der Waals surface area contributed by atoms with E-state index in [9.17, 15) is 9.90 Å². The summed E-state index contributed by atoms with van der Waals surface area (Å²) in [6.45, 7) is 3.32. The average Bonchev–Trinajstić information content (AvgIpc) is 3.03. The maximum absolute atomic E-state index is 12.7. The maximum Gasteiger partial charge on any atom is 0.253 e. The van der Waals surface area contributed by atoms with Crippen molar-refractivity contribution in [1.29, 1.82) is 0 Å². The van der Waals surface area contributed by atoms with Gasteiger partial charge in [0.1, 0.15) is 0 Å². The molecule has 1 fully saturated rings. The molecule has 7 nitrogen and oxygen atoms in total. The molecular weight excluding hydrogens is 306 g/mol. The van der Waals surface area contributed by atoms with Crippen LogP contribution in [0.5, 0.6) is 0 Å².